The lowest BCUT2D eigenvalue weighted by molar-refractivity contribution is -0.114. The molecule has 2 heteroatoms. The second-order valence-electron chi connectivity index (χ2n) is 8.43. The average molecular weight is 307 g/mol. The van der Waals surface area contributed by atoms with E-state index in [9.17, 15) is 4.79 Å². The van der Waals surface area contributed by atoms with E-state index in [4.69, 9.17) is 0 Å². The second kappa shape index (κ2) is 7.08. The van der Waals surface area contributed by atoms with Crippen LogP contribution in [0.3, 0.4) is 0 Å². The molecule has 0 fully saturated rings. The molecule has 1 nitrogen and oxygen atoms in total. The van der Waals surface area contributed by atoms with E-state index < -0.39 is 8.07 Å². The normalized spacial score (nSPS) is 19.0. The van der Waals surface area contributed by atoms with Gasteiger partial charge >= 0.3 is 0 Å². The van der Waals surface area contributed by atoms with Gasteiger partial charge in [0, 0.05) is 6.42 Å². The van der Waals surface area contributed by atoms with Crippen molar-refractivity contribution in [3.63, 3.8) is 0 Å². The highest BCUT2D eigenvalue weighted by atomic mass is 28.3. The lowest BCUT2D eigenvalue weighted by atomic mass is 9.83. The summed E-state index contributed by atoms with van der Waals surface area (Å²) in [7, 11) is -1.57. The maximum absolute atomic E-state index is 12.6. The van der Waals surface area contributed by atoms with Gasteiger partial charge in [0.2, 0.25) is 0 Å². The van der Waals surface area contributed by atoms with Crippen LogP contribution in [0.15, 0.2) is 22.4 Å². The summed E-state index contributed by atoms with van der Waals surface area (Å²) in [6.07, 6.45) is 9.31. The minimum atomic E-state index is -1.57. The van der Waals surface area contributed by atoms with Crippen molar-refractivity contribution in [3.05, 3.63) is 22.4 Å². The van der Waals surface area contributed by atoms with Crippen LogP contribution in [0.1, 0.15) is 66.2 Å². The molecule has 0 unspecified atom stereocenters. The van der Waals surface area contributed by atoms with Gasteiger partial charge in [0.15, 0.2) is 5.78 Å². The van der Waals surface area contributed by atoms with E-state index in [-0.39, 0.29) is 5.41 Å². The number of allylic oxidation sites excluding steroid dienone is 4. The van der Waals surface area contributed by atoms with Gasteiger partial charge in [-0.05, 0) is 34.6 Å². The van der Waals surface area contributed by atoms with Crippen molar-refractivity contribution >= 4 is 13.9 Å². The van der Waals surface area contributed by atoms with Crippen molar-refractivity contribution in [1.82, 2.24) is 0 Å². The van der Waals surface area contributed by atoms with Gasteiger partial charge in [-0.1, -0.05) is 72.7 Å². The Labute approximate surface area is 132 Å². The largest absolute Gasteiger partial charge is 0.295 e. The van der Waals surface area contributed by atoms with Crippen LogP contribution < -0.4 is 0 Å². The predicted octanol–water partition coefficient (Wildman–Crippen LogP) is 6.08. The van der Waals surface area contributed by atoms with E-state index in [2.05, 4.69) is 53.4 Å². The molecule has 120 valence electrons. The molecule has 0 radical (unpaired) electrons. The van der Waals surface area contributed by atoms with Crippen LogP contribution in [0.4, 0.5) is 0 Å². The Morgan fingerprint density at radius 2 is 1.71 bits per heavy atom. The number of Topliss-reactive ketones (excluding diaryl/α,β-unsaturated/α-hetero) is 1. The summed E-state index contributed by atoms with van der Waals surface area (Å²) in [6, 6.07) is 0. The monoisotopic (exact) mass is 306 g/mol. The average Bonchev–Trinajstić information content (AvgIpc) is 2.65. The van der Waals surface area contributed by atoms with Gasteiger partial charge in [-0.15, -0.1) is 0 Å². The Morgan fingerprint density at radius 1 is 1.10 bits per heavy atom. The van der Waals surface area contributed by atoms with Crippen LogP contribution >= 0.6 is 0 Å². The number of carbonyl (C=O) groups excluding carboxylic acids is 1. The van der Waals surface area contributed by atoms with Gasteiger partial charge in [0.05, 0.1) is 8.07 Å². The molecule has 0 spiro atoms. The van der Waals surface area contributed by atoms with Crippen molar-refractivity contribution < 1.29 is 4.79 Å². The molecule has 0 heterocycles. The summed E-state index contributed by atoms with van der Waals surface area (Å²) in [4.78, 5) is 12.6. The zero-order chi connectivity index (χ0) is 16.3. The summed E-state index contributed by atoms with van der Waals surface area (Å²) in [5.41, 5.74) is 2.79. The number of hydrogen-bond donors (Lipinski definition) is 0. The highest BCUT2D eigenvalue weighted by molar-refractivity contribution is 6.87. The predicted molar refractivity (Wildman–Crippen MR) is 96.3 cm³/mol. The van der Waals surface area contributed by atoms with Crippen LogP contribution in [0.25, 0.3) is 0 Å². The summed E-state index contributed by atoms with van der Waals surface area (Å²) in [6.45, 7) is 15.9. The molecular weight excluding hydrogens is 272 g/mol. The molecule has 0 aromatic rings. The number of ketones is 1. The topological polar surface area (TPSA) is 17.1 Å². The van der Waals surface area contributed by atoms with Crippen LogP contribution in [0.2, 0.25) is 19.6 Å². The molecule has 0 saturated heterocycles. The Bertz CT molecular complexity index is 441. The maximum Gasteiger partial charge on any atom is 0.159 e. The van der Waals surface area contributed by atoms with Crippen LogP contribution in [-0.2, 0) is 4.79 Å². The quantitative estimate of drug-likeness (QED) is 0.429. The number of hydrogen-bond acceptors (Lipinski definition) is 1. The zero-order valence-corrected chi connectivity index (χ0v) is 16.2. The van der Waals surface area contributed by atoms with Gasteiger partial charge in [-0.25, -0.2) is 0 Å². The van der Waals surface area contributed by atoms with E-state index in [0.717, 1.165) is 6.42 Å². The molecule has 0 aromatic heterocycles. The molecule has 1 aliphatic rings. The van der Waals surface area contributed by atoms with E-state index in [1.165, 1.54) is 42.0 Å². The molecule has 21 heavy (non-hydrogen) atoms. The standard InChI is InChI=1S/C19H34OSi/c1-8-9-10-11-12-13-15-14-16(20)18(21(5,6)7)17(15)19(2,3)4/h13H,8-12,14H2,1-7H3/b15-13+. The van der Waals surface area contributed by atoms with Crippen LogP contribution in [-0.4, -0.2) is 13.9 Å². The Balaban J connectivity index is 3.04. The molecule has 0 aromatic carbocycles. The molecule has 0 atom stereocenters. The highest BCUT2D eigenvalue weighted by Gasteiger charge is 2.39. The van der Waals surface area contributed by atoms with Crippen molar-refractivity contribution in [1.29, 1.82) is 0 Å². The van der Waals surface area contributed by atoms with Gasteiger partial charge in [0.25, 0.3) is 0 Å². The Hall–Kier alpha value is -0.633. The van der Waals surface area contributed by atoms with Gasteiger partial charge in [0.1, 0.15) is 0 Å². The third-order valence-electron chi connectivity index (χ3n) is 4.15. The number of unbranched alkanes of at least 4 members (excludes halogenated alkanes) is 4. The smallest absolute Gasteiger partial charge is 0.159 e. The van der Waals surface area contributed by atoms with Gasteiger partial charge in [-0.2, -0.15) is 0 Å². The van der Waals surface area contributed by atoms with Crippen molar-refractivity contribution in [3.8, 4) is 0 Å². The fraction of sp³-hybridized carbons (Fsp3) is 0.737. The lowest BCUT2D eigenvalue weighted by Gasteiger charge is -2.28. The fourth-order valence-corrected chi connectivity index (χ4v) is 5.53. The third kappa shape index (κ3) is 4.95. The fourth-order valence-electron chi connectivity index (χ4n) is 3.32. The Morgan fingerprint density at radius 3 is 2.19 bits per heavy atom. The van der Waals surface area contributed by atoms with E-state index in [1.807, 2.05) is 0 Å². The highest BCUT2D eigenvalue weighted by Crippen LogP contribution is 2.44. The summed E-state index contributed by atoms with van der Waals surface area (Å²) in [5.74, 6) is 0.402. The summed E-state index contributed by atoms with van der Waals surface area (Å²) < 4.78 is 0. The molecule has 0 bridgehead atoms. The molecule has 1 aliphatic carbocycles. The SMILES string of the molecule is CCCCCC/C=C1\CC(=O)C([Si](C)(C)C)=C1C(C)(C)C. The first-order chi connectivity index (χ1) is 9.59. The maximum atomic E-state index is 12.6. The molecule has 0 amide bonds. The first-order valence-corrected chi connectivity index (χ1v) is 12.1. The number of rotatable bonds is 6. The van der Waals surface area contributed by atoms with Gasteiger partial charge in [-0.3, -0.25) is 4.79 Å². The second-order valence-corrected chi connectivity index (χ2v) is 13.4. The van der Waals surface area contributed by atoms with E-state index in [0.29, 0.717) is 12.2 Å². The Kier molecular flexibility index (Phi) is 6.21. The summed E-state index contributed by atoms with van der Waals surface area (Å²) >= 11 is 0. The van der Waals surface area contributed by atoms with Crippen LogP contribution in [0, 0.1) is 5.41 Å². The zero-order valence-electron chi connectivity index (χ0n) is 15.2. The molecule has 0 N–H and O–H groups in total. The minimum absolute atomic E-state index is 0.0804. The van der Waals surface area contributed by atoms with Crippen molar-refractivity contribution in [2.45, 2.75) is 85.9 Å². The lowest BCUT2D eigenvalue weighted by Crippen LogP contribution is -2.30. The van der Waals surface area contributed by atoms with E-state index >= 15 is 0 Å². The van der Waals surface area contributed by atoms with Crippen molar-refractivity contribution in [2.75, 3.05) is 0 Å². The number of carbonyl (C=O) groups is 1. The van der Waals surface area contributed by atoms with Gasteiger partial charge < -0.3 is 0 Å². The summed E-state index contributed by atoms with van der Waals surface area (Å²) in [5, 5.41) is 1.20. The van der Waals surface area contributed by atoms with Crippen molar-refractivity contribution in [2.24, 2.45) is 5.41 Å². The molecule has 0 saturated carbocycles. The molecular formula is C19H34OSi. The molecule has 0 aliphatic heterocycles. The first kappa shape index (κ1) is 18.4. The van der Waals surface area contributed by atoms with E-state index in [1.54, 1.807) is 0 Å². The third-order valence-corrected chi connectivity index (χ3v) is 6.18. The van der Waals surface area contributed by atoms with Crippen LogP contribution in [0.5, 0.6) is 0 Å². The molecule has 1 rings (SSSR count). The first-order valence-electron chi connectivity index (χ1n) is 8.57. The minimum Gasteiger partial charge on any atom is -0.295 e.